The van der Waals surface area contributed by atoms with Gasteiger partial charge in [-0.25, -0.2) is 4.79 Å². The summed E-state index contributed by atoms with van der Waals surface area (Å²) in [5.74, 6) is -0.000592. The number of aromatic carboxylic acids is 1. The molecule has 2 rings (SSSR count). The van der Waals surface area contributed by atoms with E-state index in [1.165, 1.54) is 6.07 Å². The Labute approximate surface area is 122 Å². The molecule has 2 aromatic carbocycles. The maximum atomic E-state index is 11.2. The predicted octanol–water partition coefficient (Wildman–Crippen LogP) is 4.95. The van der Waals surface area contributed by atoms with E-state index in [9.17, 15) is 9.90 Å². The maximum Gasteiger partial charge on any atom is 0.339 e. The van der Waals surface area contributed by atoms with Crippen LogP contribution in [-0.2, 0) is 0 Å². The molecule has 0 radical (unpaired) electrons. The Hall–Kier alpha value is -2.00. The van der Waals surface area contributed by atoms with Gasteiger partial charge in [-0.3, -0.25) is 0 Å². The molecule has 20 heavy (non-hydrogen) atoms. The van der Waals surface area contributed by atoms with Crippen LogP contribution in [0.4, 0.5) is 0 Å². The van der Waals surface area contributed by atoms with Gasteiger partial charge in [0, 0.05) is 0 Å². The molecule has 0 amide bonds. The molecule has 3 nitrogen and oxygen atoms in total. The summed E-state index contributed by atoms with van der Waals surface area (Å²) >= 11 is 6.07. The Bertz CT molecular complexity index is 635. The second-order valence-corrected chi connectivity index (χ2v) is 5.12. The number of rotatable bonds is 4. The van der Waals surface area contributed by atoms with Gasteiger partial charge in [-0.1, -0.05) is 49.7 Å². The third-order valence-corrected chi connectivity index (χ3v) is 3.25. The van der Waals surface area contributed by atoms with E-state index in [0.717, 1.165) is 5.56 Å². The second kappa shape index (κ2) is 5.97. The number of carbonyl (C=O) groups is 1. The largest absolute Gasteiger partial charge is 0.478 e. The molecular weight excluding hydrogens is 276 g/mol. The Morgan fingerprint density at radius 2 is 1.85 bits per heavy atom. The lowest BCUT2D eigenvalue weighted by Crippen LogP contribution is -2.02. The molecule has 4 heteroatoms. The molecule has 0 aliphatic rings. The van der Waals surface area contributed by atoms with E-state index >= 15 is 0 Å². The fraction of sp³-hybridized carbons (Fsp3) is 0.188. The number of hydrogen-bond acceptors (Lipinski definition) is 2. The summed E-state index contributed by atoms with van der Waals surface area (Å²) in [4.78, 5) is 11.2. The van der Waals surface area contributed by atoms with E-state index in [4.69, 9.17) is 16.3 Å². The van der Waals surface area contributed by atoms with Crippen LogP contribution in [0.2, 0.25) is 5.02 Å². The summed E-state index contributed by atoms with van der Waals surface area (Å²) in [6.45, 7) is 4.10. The van der Waals surface area contributed by atoms with Crippen molar-refractivity contribution in [1.29, 1.82) is 0 Å². The number of carboxylic acids is 1. The Morgan fingerprint density at radius 3 is 2.50 bits per heavy atom. The molecule has 0 saturated heterocycles. The van der Waals surface area contributed by atoms with Crippen LogP contribution in [0.5, 0.6) is 11.5 Å². The molecule has 0 aliphatic carbocycles. The normalized spacial score (nSPS) is 10.6. The van der Waals surface area contributed by atoms with E-state index in [2.05, 4.69) is 0 Å². The van der Waals surface area contributed by atoms with Crippen molar-refractivity contribution >= 4 is 17.6 Å². The molecule has 0 saturated carbocycles. The number of para-hydroxylation sites is 2. The standard InChI is InChI=1S/C16H15ClO3/c1-10(2)11-6-3-4-9-14(11)20-15-12(16(18)19)7-5-8-13(15)17/h3-10H,1-2H3,(H,18,19). The summed E-state index contributed by atoms with van der Waals surface area (Å²) in [5.41, 5.74) is 1.06. The molecule has 0 spiro atoms. The molecule has 1 N–H and O–H groups in total. The van der Waals surface area contributed by atoms with E-state index < -0.39 is 5.97 Å². The summed E-state index contributed by atoms with van der Waals surface area (Å²) in [7, 11) is 0. The van der Waals surface area contributed by atoms with Gasteiger partial charge >= 0.3 is 5.97 Å². The van der Waals surface area contributed by atoms with Crippen molar-refractivity contribution in [2.45, 2.75) is 19.8 Å². The highest BCUT2D eigenvalue weighted by molar-refractivity contribution is 6.32. The summed E-state index contributed by atoms with van der Waals surface area (Å²) in [6, 6.07) is 12.2. The molecule has 0 aromatic heterocycles. The minimum Gasteiger partial charge on any atom is -0.478 e. The van der Waals surface area contributed by atoms with E-state index in [1.807, 2.05) is 38.1 Å². The van der Waals surface area contributed by atoms with E-state index in [1.54, 1.807) is 12.1 Å². The number of ether oxygens (including phenoxy) is 1. The zero-order valence-corrected chi connectivity index (χ0v) is 12.0. The van der Waals surface area contributed by atoms with Crippen molar-refractivity contribution in [3.05, 3.63) is 58.6 Å². The Kier molecular flexibility index (Phi) is 4.30. The molecule has 0 atom stereocenters. The van der Waals surface area contributed by atoms with Gasteiger partial charge in [-0.15, -0.1) is 0 Å². The highest BCUT2D eigenvalue weighted by Gasteiger charge is 2.17. The molecule has 0 aliphatic heterocycles. The minimum absolute atomic E-state index is 0.0519. The number of carboxylic acid groups (broad SMARTS) is 1. The summed E-state index contributed by atoms with van der Waals surface area (Å²) in [6.07, 6.45) is 0. The zero-order chi connectivity index (χ0) is 14.7. The highest BCUT2D eigenvalue weighted by Crippen LogP contribution is 2.36. The molecular formula is C16H15ClO3. The third-order valence-electron chi connectivity index (χ3n) is 2.95. The number of halogens is 1. The second-order valence-electron chi connectivity index (χ2n) is 4.72. The Balaban J connectivity index is 2.48. The summed E-state index contributed by atoms with van der Waals surface area (Å²) < 4.78 is 5.78. The van der Waals surface area contributed by atoms with Crippen LogP contribution in [0.1, 0.15) is 35.7 Å². The minimum atomic E-state index is -1.07. The van der Waals surface area contributed by atoms with Crippen LogP contribution in [0.25, 0.3) is 0 Å². The average molecular weight is 291 g/mol. The van der Waals surface area contributed by atoms with Crippen molar-refractivity contribution in [3.63, 3.8) is 0 Å². The molecule has 0 fully saturated rings. The lowest BCUT2D eigenvalue weighted by molar-refractivity contribution is 0.0694. The topological polar surface area (TPSA) is 46.5 Å². The van der Waals surface area contributed by atoms with Crippen LogP contribution in [0.3, 0.4) is 0 Å². The van der Waals surface area contributed by atoms with Gasteiger partial charge < -0.3 is 9.84 Å². The van der Waals surface area contributed by atoms with Gasteiger partial charge in [-0.05, 0) is 29.7 Å². The van der Waals surface area contributed by atoms with Crippen LogP contribution >= 0.6 is 11.6 Å². The van der Waals surface area contributed by atoms with Crippen molar-refractivity contribution < 1.29 is 14.6 Å². The van der Waals surface area contributed by atoms with Crippen LogP contribution in [0.15, 0.2) is 42.5 Å². The fourth-order valence-electron chi connectivity index (χ4n) is 1.94. The first-order valence-electron chi connectivity index (χ1n) is 6.29. The first-order valence-corrected chi connectivity index (χ1v) is 6.67. The first kappa shape index (κ1) is 14.4. The molecule has 2 aromatic rings. The quantitative estimate of drug-likeness (QED) is 0.866. The molecule has 0 unspecified atom stereocenters. The Morgan fingerprint density at radius 1 is 1.15 bits per heavy atom. The molecule has 0 bridgehead atoms. The average Bonchev–Trinajstić information content (AvgIpc) is 2.41. The van der Waals surface area contributed by atoms with Crippen LogP contribution in [-0.4, -0.2) is 11.1 Å². The van der Waals surface area contributed by atoms with Gasteiger partial charge in [-0.2, -0.15) is 0 Å². The zero-order valence-electron chi connectivity index (χ0n) is 11.3. The lowest BCUT2D eigenvalue weighted by atomic mass is 10.0. The SMILES string of the molecule is CC(C)c1ccccc1Oc1c(Cl)cccc1C(=O)O. The first-order chi connectivity index (χ1) is 9.50. The van der Waals surface area contributed by atoms with Gasteiger partial charge in [0.2, 0.25) is 0 Å². The van der Waals surface area contributed by atoms with Crippen molar-refractivity contribution in [2.24, 2.45) is 0 Å². The lowest BCUT2D eigenvalue weighted by Gasteiger charge is -2.15. The highest BCUT2D eigenvalue weighted by atomic mass is 35.5. The van der Waals surface area contributed by atoms with Crippen molar-refractivity contribution in [2.75, 3.05) is 0 Å². The van der Waals surface area contributed by atoms with Crippen LogP contribution in [0, 0.1) is 0 Å². The maximum absolute atomic E-state index is 11.2. The van der Waals surface area contributed by atoms with Crippen molar-refractivity contribution in [1.82, 2.24) is 0 Å². The van der Waals surface area contributed by atoms with E-state index in [-0.39, 0.29) is 22.3 Å². The van der Waals surface area contributed by atoms with Gasteiger partial charge in [0.25, 0.3) is 0 Å². The van der Waals surface area contributed by atoms with Crippen LogP contribution < -0.4 is 4.74 Å². The van der Waals surface area contributed by atoms with Crippen molar-refractivity contribution in [3.8, 4) is 11.5 Å². The number of hydrogen-bond donors (Lipinski definition) is 1. The molecule has 0 heterocycles. The summed E-state index contributed by atoms with van der Waals surface area (Å²) in [5, 5.41) is 9.49. The number of benzene rings is 2. The van der Waals surface area contributed by atoms with Gasteiger partial charge in [0.1, 0.15) is 11.3 Å². The smallest absolute Gasteiger partial charge is 0.339 e. The van der Waals surface area contributed by atoms with Gasteiger partial charge in [0.05, 0.1) is 5.02 Å². The van der Waals surface area contributed by atoms with E-state index in [0.29, 0.717) is 5.75 Å². The molecule has 104 valence electrons. The third kappa shape index (κ3) is 2.94. The predicted molar refractivity (Wildman–Crippen MR) is 79.0 cm³/mol. The monoisotopic (exact) mass is 290 g/mol. The van der Waals surface area contributed by atoms with Gasteiger partial charge in [0.15, 0.2) is 5.75 Å². The fourth-order valence-corrected chi connectivity index (χ4v) is 2.15.